The zero-order valence-corrected chi connectivity index (χ0v) is 8.02. The van der Waals surface area contributed by atoms with Crippen molar-refractivity contribution < 1.29 is 0 Å². The Morgan fingerprint density at radius 2 is 2.38 bits per heavy atom. The Labute approximate surface area is 80.4 Å². The predicted molar refractivity (Wildman–Crippen MR) is 49.3 cm³/mol. The zero-order chi connectivity index (χ0) is 9.84. The molecule has 0 N–H and O–H groups in total. The molecule has 1 unspecified atom stereocenters. The monoisotopic (exact) mass is 197 g/mol. The van der Waals surface area contributed by atoms with Crippen LogP contribution in [0.2, 0.25) is 5.15 Å². The summed E-state index contributed by atoms with van der Waals surface area (Å²) in [6, 6.07) is -0.312. The van der Waals surface area contributed by atoms with Crippen LogP contribution in [0.15, 0.2) is 11.3 Å². The maximum Gasteiger partial charge on any atom is 0.150 e. The van der Waals surface area contributed by atoms with Crippen molar-refractivity contribution >= 4 is 11.6 Å². The summed E-state index contributed by atoms with van der Waals surface area (Å²) in [4.78, 5) is 10.7. The molecule has 0 fully saturated rings. The Kier molecular flexibility index (Phi) is 3.06. The van der Waals surface area contributed by atoms with Crippen molar-refractivity contribution in [3.63, 3.8) is 0 Å². The summed E-state index contributed by atoms with van der Waals surface area (Å²) >= 11 is 5.69. The minimum Gasteiger partial charge on any atom is -0.253 e. The molecular formula is C7H8ClN5. The minimum atomic E-state index is -0.312. The Morgan fingerprint density at radius 1 is 1.69 bits per heavy atom. The molecule has 1 rings (SSSR count). The summed E-state index contributed by atoms with van der Waals surface area (Å²) in [5, 5.41) is 3.87. The van der Waals surface area contributed by atoms with E-state index >= 15 is 0 Å². The van der Waals surface area contributed by atoms with Crippen LogP contribution in [-0.4, -0.2) is 9.97 Å². The van der Waals surface area contributed by atoms with Crippen molar-refractivity contribution in [2.45, 2.75) is 19.9 Å². The molecule has 0 saturated carbocycles. The summed E-state index contributed by atoms with van der Waals surface area (Å²) < 4.78 is 0. The minimum absolute atomic E-state index is 0.312. The van der Waals surface area contributed by atoms with Gasteiger partial charge in [-0.1, -0.05) is 23.6 Å². The van der Waals surface area contributed by atoms with Crippen molar-refractivity contribution in [3.05, 3.63) is 33.2 Å². The lowest BCUT2D eigenvalue weighted by atomic mass is 10.2. The Morgan fingerprint density at radius 3 is 2.92 bits per heavy atom. The van der Waals surface area contributed by atoms with Crippen LogP contribution in [-0.2, 0) is 0 Å². The Bertz CT molecular complexity index is 358. The Balaban J connectivity index is 3.03. The van der Waals surface area contributed by atoms with Crippen LogP contribution in [0.5, 0.6) is 0 Å². The molecule has 0 radical (unpaired) electrons. The van der Waals surface area contributed by atoms with Gasteiger partial charge in [-0.25, -0.2) is 4.98 Å². The maximum absolute atomic E-state index is 8.21. The molecule has 0 amide bonds. The molecule has 0 bridgehead atoms. The molecule has 0 aromatic carbocycles. The van der Waals surface area contributed by atoms with E-state index in [4.69, 9.17) is 17.1 Å². The second-order valence-electron chi connectivity index (χ2n) is 2.55. The highest BCUT2D eigenvalue weighted by Gasteiger charge is 2.06. The number of halogens is 1. The molecule has 0 aliphatic heterocycles. The fourth-order valence-electron chi connectivity index (χ4n) is 0.823. The number of azide groups is 1. The number of hydrogen-bond acceptors (Lipinski definition) is 3. The van der Waals surface area contributed by atoms with Gasteiger partial charge in [-0.3, -0.25) is 4.98 Å². The molecular weight excluding hydrogens is 190 g/mol. The summed E-state index contributed by atoms with van der Waals surface area (Å²) in [7, 11) is 0. The highest BCUT2D eigenvalue weighted by molar-refractivity contribution is 6.29. The van der Waals surface area contributed by atoms with Crippen LogP contribution in [0.25, 0.3) is 10.4 Å². The number of aryl methyl sites for hydroxylation is 1. The van der Waals surface area contributed by atoms with E-state index in [0.717, 1.165) is 0 Å². The van der Waals surface area contributed by atoms with Crippen molar-refractivity contribution in [1.29, 1.82) is 0 Å². The summed E-state index contributed by atoms with van der Waals surface area (Å²) in [6.45, 7) is 3.50. The maximum atomic E-state index is 8.21. The molecule has 68 valence electrons. The lowest BCUT2D eigenvalue weighted by Gasteiger charge is -2.04. The van der Waals surface area contributed by atoms with E-state index in [0.29, 0.717) is 16.5 Å². The van der Waals surface area contributed by atoms with Crippen LogP contribution < -0.4 is 0 Å². The average Bonchev–Trinajstić information content (AvgIpc) is 2.10. The van der Waals surface area contributed by atoms with Gasteiger partial charge in [-0.05, 0) is 12.5 Å². The molecule has 1 atom stereocenters. The molecule has 6 heteroatoms. The third-order valence-corrected chi connectivity index (χ3v) is 1.93. The number of aromatic nitrogens is 2. The molecule has 1 aromatic rings. The van der Waals surface area contributed by atoms with Crippen molar-refractivity contribution in [2.24, 2.45) is 5.11 Å². The molecule has 1 heterocycles. The standard InChI is InChI=1S/C7H8ClN5/c1-4(12-13-9)6-3-10-7(8)5(2)11-6/h3-4H,1-2H3. The van der Waals surface area contributed by atoms with Gasteiger partial charge < -0.3 is 0 Å². The Hall–Kier alpha value is -1.32. The number of hydrogen-bond donors (Lipinski definition) is 0. The number of rotatable bonds is 2. The summed E-state index contributed by atoms with van der Waals surface area (Å²) in [5.74, 6) is 0. The number of nitrogens with zero attached hydrogens (tertiary/aromatic N) is 5. The molecule has 13 heavy (non-hydrogen) atoms. The summed E-state index contributed by atoms with van der Waals surface area (Å²) in [6.07, 6.45) is 1.51. The van der Waals surface area contributed by atoms with E-state index in [2.05, 4.69) is 20.0 Å². The molecule has 0 spiro atoms. The third-order valence-electron chi connectivity index (χ3n) is 1.56. The van der Waals surface area contributed by atoms with E-state index in [1.165, 1.54) is 6.20 Å². The van der Waals surface area contributed by atoms with Crippen LogP contribution in [0, 0.1) is 6.92 Å². The first kappa shape index (κ1) is 9.77. The first-order valence-electron chi connectivity index (χ1n) is 3.68. The second-order valence-corrected chi connectivity index (χ2v) is 2.91. The third kappa shape index (κ3) is 2.31. The average molecular weight is 198 g/mol. The van der Waals surface area contributed by atoms with Crippen molar-refractivity contribution in [1.82, 2.24) is 9.97 Å². The fraction of sp³-hybridized carbons (Fsp3) is 0.429. The van der Waals surface area contributed by atoms with Gasteiger partial charge >= 0.3 is 0 Å². The van der Waals surface area contributed by atoms with Gasteiger partial charge in [0, 0.05) is 4.91 Å². The smallest absolute Gasteiger partial charge is 0.150 e. The first-order valence-corrected chi connectivity index (χ1v) is 4.06. The summed E-state index contributed by atoms with van der Waals surface area (Å²) in [5.41, 5.74) is 9.47. The van der Waals surface area contributed by atoms with E-state index < -0.39 is 0 Å². The normalized spacial score (nSPS) is 11.9. The van der Waals surface area contributed by atoms with E-state index in [1.54, 1.807) is 13.8 Å². The second kappa shape index (κ2) is 4.07. The predicted octanol–water partition coefficient (Wildman–Crippen LogP) is 2.81. The SMILES string of the molecule is Cc1nc(C(C)N=[N+]=[N-])cnc1Cl. The molecule has 5 nitrogen and oxygen atoms in total. The van der Waals surface area contributed by atoms with Crippen LogP contribution >= 0.6 is 11.6 Å². The van der Waals surface area contributed by atoms with Crippen LogP contribution in [0.1, 0.15) is 24.4 Å². The quantitative estimate of drug-likeness (QED) is 0.415. The van der Waals surface area contributed by atoms with Gasteiger partial charge in [-0.2, -0.15) is 0 Å². The highest BCUT2D eigenvalue weighted by atomic mass is 35.5. The lowest BCUT2D eigenvalue weighted by molar-refractivity contribution is 0.758. The van der Waals surface area contributed by atoms with Gasteiger partial charge in [0.2, 0.25) is 0 Å². The topological polar surface area (TPSA) is 74.5 Å². The van der Waals surface area contributed by atoms with Gasteiger partial charge in [0.05, 0.1) is 23.6 Å². The van der Waals surface area contributed by atoms with Gasteiger partial charge in [0.25, 0.3) is 0 Å². The molecule has 1 aromatic heterocycles. The van der Waals surface area contributed by atoms with Gasteiger partial charge in [0.15, 0.2) is 0 Å². The van der Waals surface area contributed by atoms with E-state index in [-0.39, 0.29) is 6.04 Å². The largest absolute Gasteiger partial charge is 0.253 e. The molecule has 0 aliphatic rings. The van der Waals surface area contributed by atoms with Gasteiger partial charge in [-0.15, -0.1) is 0 Å². The van der Waals surface area contributed by atoms with Crippen LogP contribution in [0.3, 0.4) is 0 Å². The van der Waals surface area contributed by atoms with Gasteiger partial charge in [0.1, 0.15) is 5.15 Å². The zero-order valence-electron chi connectivity index (χ0n) is 7.27. The highest BCUT2D eigenvalue weighted by Crippen LogP contribution is 2.16. The fourth-order valence-corrected chi connectivity index (χ4v) is 0.914. The lowest BCUT2D eigenvalue weighted by Crippen LogP contribution is -1.97. The first-order chi connectivity index (χ1) is 6.15. The molecule has 0 saturated heterocycles. The van der Waals surface area contributed by atoms with Crippen LogP contribution in [0.4, 0.5) is 0 Å². The van der Waals surface area contributed by atoms with E-state index in [1.807, 2.05) is 0 Å². The molecule has 0 aliphatic carbocycles. The van der Waals surface area contributed by atoms with Crippen molar-refractivity contribution in [2.75, 3.05) is 0 Å². The van der Waals surface area contributed by atoms with E-state index in [9.17, 15) is 0 Å². The van der Waals surface area contributed by atoms with Crippen molar-refractivity contribution in [3.8, 4) is 0 Å².